The summed E-state index contributed by atoms with van der Waals surface area (Å²) in [4.78, 5) is 21.7. The third kappa shape index (κ3) is 4.32. The summed E-state index contributed by atoms with van der Waals surface area (Å²) in [6.45, 7) is 1.79. The monoisotopic (exact) mass is 222 g/mol. The molecule has 1 rings (SSSR count). The number of hydrogen-bond donors (Lipinski definition) is 0. The van der Waals surface area contributed by atoms with Crippen LogP contribution in [0.2, 0.25) is 0 Å². The van der Waals surface area contributed by atoms with Crippen molar-refractivity contribution in [1.29, 1.82) is 0 Å². The summed E-state index contributed by atoms with van der Waals surface area (Å²) in [7, 11) is 0. The highest BCUT2D eigenvalue weighted by molar-refractivity contribution is 5.74. The second-order valence-corrected chi connectivity index (χ2v) is 2.58. The maximum atomic E-state index is 11.0. The van der Waals surface area contributed by atoms with Gasteiger partial charge in [0.05, 0.1) is 6.61 Å². The number of benzene rings is 1. The van der Waals surface area contributed by atoms with Gasteiger partial charge in [0, 0.05) is 0 Å². The topological polar surface area (TPSA) is 77.3 Å². The molecule has 0 spiro atoms. The number of nitrogens with zero attached hydrogens (tertiary/aromatic N) is 2. The van der Waals surface area contributed by atoms with Gasteiger partial charge in [-0.1, -0.05) is 28.4 Å². The molecule has 0 unspecified atom stereocenters. The average molecular weight is 222 g/mol. The van der Waals surface area contributed by atoms with Gasteiger partial charge < -0.3 is 9.47 Å². The Balaban J connectivity index is 2.45. The lowest BCUT2D eigenvalue weighted by Gasteiger charge is -1.97. The zero-order valence-corrected chi connectivity index (χ0v) is 8.62. The van der Waals surface area contributed by atoms with Crippen molar-refractivity contribution in [3.8, 4) is 5.75 Å². The molecule has 0 atom stereocenters. The third-order valence-electron chi connectivity index (χ3n) is 1.43. The van der Waals surface area contributed by atoms with E-state index in [0.717, 1.165) is 0 Å². The minimum Gasteiger partial charge on any atom is -0.447 e. The van der Waals surface area contributed by atoms with E-state index in [9.17, 15) is 9.59 Å². The van der Waals surface area contributed by atoms with Gasteiger partial charge in [0.15, 0.2) is 0 Å². The Kier molecular flexibility index (Phi) is 4.65. The first-order valence-corrected chi connectivity index (χ1v) is 4.57. The Hall–Kier alpha value is -2.24. The molecule has 0 saturated heterocycles. The summed E-state index contributed by atoms with van der Waals surface area (Å²) in [6, 6.07) is 8.34. The largest absolute Gasteiger partial charge is 0.458 e. The van der Waals surface area contributed by atoms with E-state index in [1.165, 1.54) is 0 Å². The van der Waals surface area contributed by atoms with E-state index in [0.29, 0.717) is 5.75 Å². The minimum atomic E-state index is -0.973. The summed E-state index contributed by atoms with van der Waals surface area (Å²) in [5.74, 6) is 0.329. The summed E-state index contributed by atoms with van der Waals surface area (Å²) in [6.07, 6.45) is -1.90. The number of carbonyl (C=O) groups is 2. The number of rotatable bonds is 2. The molecule has 0 fully saturated rings. The highest BCUT2D eigenvalue weighted by Crippen LogP contribution is 2.09. The number of azo groups is 1. The lowest BCUT2D eigenvalue weighted by atomic mass is 10.3. The second-order valence-electron chi connectivity index (χ2n) is 2.58. The van der Waals surface area contributed by atoms with Gasteiger partial charge in [-0.05, 0) is 19.1 Å². The molecule has 1 aromatic carbocycles. The molecule has 84 valence electrons. The normalized spacial score (nSPS) is 10.1. The minimum absolute atomic E-state index is 0.172. The zero-order chi connectivity index (χ0) is 11.8. The van der Waals surface area contributed by atoms with Gasteiger partial charge in [-0.15, -0.1) is 0 Å². The third-order valence-corrected chi connectivity index (χ3v) is 1.43. The molecule has 0 aromatic heterocycles. The predicted octanol–water partition coefficient (Wildman–Crippen LogP) is 2.79. The highest BCUT2D eigenvalue weighted by Gasteiger charge is 2.04. The van der Waals surface area contributed by atoms with E-state index in [4.69, 9.17) is 4.74 Å². The van der Waals surface area contributed by atoms with Crippen molar-refractivity contribution < 1.29 is 19.1 Å². The molecule has 0 heterocycles. The van der Waals surface area contributed by atoms with Crippen molar-refractivity contribution in [3.63, 3.8) is 0 Å². The van der Waals surface area contributed by atoms with Crippen LogP contribution in [0.15, 0.2) is 40.6 Å². The molecular formula is C10H10N2O4. The van der Waals surface area contributed by atoms with E-state index in [1.807, 2.05) is 0 Å². The number of hydrogen-bond acceptors (Lipinski definition) is 4. The molecule has 0 radical (unpaired) electrons. The van der Waals surface area contributed by atoms with E-state index >= 15 is 0 Å². The van der Waals surface area contributed by atoms with Crippen LogP contribution in [0.4, 0.5) is 9.59 Å². The molecule has 0 N–H and O–H groups in total. The lowest BCUT2D eigenvalue weighted by molar-refractivity contribution is 0.160. The van der Waals surface area contributed by atoms with Crippen LogP contribution in [0.3, 0.4) is 0 Å². The Morgan fingerprint density at radius 1 is 1.12 bits per heavy atom. The molecule has 6 heteroatoms. The number of carbonyl (C=O) groups excluding carboxylic acids is 2. The van der Waals surface area contributed by atoms with Crippen molar-refractivity contribution in [2.45, 2.75) is 6.92 Å². The van der Waals surface area contributed by atoms with Gasteiger partial charge in [0.1, 0.15) is 5.75 Å². The Labute approximate surface area is 91.9 Å². The first kappa shape index (κ1) is 11.8. The van der Waals surface area contributed by atoms with Gasteiger partial charge in [-0.3, -0.25) is 0 Å². The van der Waals surface area contributed by atoms with Crippen molar-refractivity contribution >= 4 is 12.2 Å². The fraction of sp³-hybridized carbons (Fsp3) is 0.200. The van der Waals surface area contributed by atoms with Gasteiger partial charge in [0.25, 0.3) is 0 Å². The first-order valence-electron chi connectivity index (χ1n) is 4.57. The fourth-order valence-electron chi connectivity index (χ4n) is 0.844. The number of para-hydroxylation sites is 1. The van der Waals surface area contributed by atoms with Crippen LogP contribution in [-0.2, 0) is 4.74 Å². The molecule has 0 aliphatic heterocycles. The van der Waals surface area contributed by atoms with Crippen LogP contribution in [-0.4, -0.2) is 18.8 Å². The number of ether oxygens (including phenoxy) is 2. The van der Waals surface area contributed by atoms with Crippen LogP contribution in [0, 0.1) is 0 Å². The molecule has 6 nitrogen and oxygen atoms in total. The van der Waals surface area contributed by atoms with Crippen molar-refractivity contribution in [1.82, 2.24) is 0 Å². The Morgan fingerprint density at radius 2 is 1.75 bits per heavy atom. The fourth-order valence-corrected chi connectivity index (χ4v) is 0.844. The lowest BCUT2D eigenvalue weighted by Crippen LogP contribution is -2.03. The molecule has 1 aromatic rings. The van der Waals surface area contributed by atoms with E-state index in [2.05, 4.69) is 15.0 Å². The van der Waals surface area contributed by atoms with Gasteiger partial charge in [0.2, 0.25) is 0 Å². The second kappa shape index (κ2) is 6.28. The van der Waals surface area contributed by atoms with Crippen LogP contribution >= 0.6 is 0 Å². The van der Waals surface area contributed by atoms with Crippen LogP contribution < -0.4 is 4.74 Å². The SMILES string of the molecule is CCOC(=O)N=NC(=O)Oc1ccccc1. The van der Waals surface area contributed by atoms with Crippen molar-refractivity contribution in [2.24, 2.45) is 10.2 Å². The quantitative estimate of drug-likeness (QED) is 0.721. The summed E-state index contributed by atoms with van der Waals surface area (Å²) >= 11 is 0. The molecule has 0 aliphatic carbocycles. The Bertz CT molecular complexity index is 389. The smallest absolute Gasteiger partial charge is 0.447 e. The zero-order valence-electron chi connectivity index (χ0n) is 8.62. The van der Waals surface area contributed by atoms with Crippen molar-refractivity contribution in [2.75, 3.05) is 6.61 Å². The predicted molar refractivity (Wildman–Crippen MR) is 54.3 cm³/mol. The van der Waals surface area contributed by atoms with Crippen LogP contribution in [0.1, 0.15) is 6.92 Å². The molecule has 2 amide bonds. The van der Waals surface area contributed by atoms with Gasteiger partial charge in [-0.25, -0.2) is 9.59 Å². The van der Waals surface area contributed by atoms with E-state index in [-0.39, 0.29) is 6.61 Å². The maximum Gasteiger partial charge on any atom is 0.458 e. The van der Waals surface area contributed by atoms with Gasteiger partial charge in [-0.2, -0.15) is 0 Å². The standard InChI is InChI=1S/C10H10N2O4/c1-2-15-9(13)11-12-10(14)16-8-6-4-3-5-7-8/h3-7H,2H2,1H3. The molecular weight excluding hydrogens is 212 g/mol. The average Bonchev–Trinajstić information content (AvgIpc) is 2.28. The van der Waals surface area contributed by atoms with Crippen LogP contribution in [0.25, 0.3) is 0 Å². The molecule has 16 heavy (non-hydrogen) atoms. The summed E-state index contributed by atoms with van der Waals surface area (Å²) < 4.78 is 9.17. The van der Waals surface area contributed by atoms with Crippen LogP contribution in [0.5, 0.6) is 5.75 Å². The summed E-state index contributed by atoms with van der Waals surface area (Å²) in [5, 5.41) is 6.03. The molecule has 0 bridgehead atoms. The molecule has 0 saturated carbocycles. The Morgan fingerprint density at radius 3 is 2.38 bits per heavy atom. The van der Waals surface area contributed by atoms with Crippen molar-refractivity contribution in [3.05, 3.63) is 30.3 Å². The number of amides is 2. The first-order chi connectivity index (χ1) is 7.72. The van der Waals surface area contributed by atoms with E-state index < -0.39 is 12.2 Å². The summed E-state index contributed by atoms with van der Waals surface area (Å²) in [5.41, 5.74) is 0. The highest BCUT2D eigenvalue weighted by atomic mass is 16.6. The van der Waals surface area contributed by atoms with Gasteiger partial charge >= 0.3 is 12.2 Å². The molecule has 0 aliphatic rings. The maximum absolute atomic E-state index is 11.0. The van der Waals surface area contributed by atoms with E-state index in [1.54, 1.807) is 37.3 Å².